The topological polar surface area (TPSA) is 74.6 Å². The largest absolute Gasteiger partial charge is 0.493 e. The van der Waals surface area contributed by atoms with E-state index in [0.29, 0.717) is 28.6 Å². The van der Waals surface area contributed by atoms with Crippen LogP contribution in [0.25, 0.3) is 0 Å². The molecule has 148 valence electrons. The number of anilines is 1. The van der Waals surface area contributed by atoms with Crippen molar-refractivity contribution in [2.24, 2.45) is 0 Å². The highest BCUT2D eigenvalue weighted by Gasteiger charge is 2.22. The van der Waals surface area contributed by atoms with Crippen LogP contribution in [0.4, 0.5) is 5.00 Å². The molecule has 0 unspecified atom stereocenters. The highest BCUT2D eigenvalue weighted by Crippen LogP contribution is 2.37. The number of para-hydroxylation sites is 1. The van der Waals surface area contributed by atoms with Crippen LogP contribution in [-0.2, 0) is 24.2 Å². The molecule has 0 spiro atoms. The molecule has 28 heavy (non-hydrogen) atoms. The number of carbonyl (C=O) groups excluding carboxylic acids is 1. The maximum absolute atomic E-state index is 12.6. The summed E-state index contributed by atoms with van der Waals surface area (Å²) in [6.45, 7) is 0.758. The fraction of sp³-hybridized carbons (Fsp3) is 0.429. The number of likely N-dealkylation sites (N-methyl/N-ethyl adjacent to an activating group) is 1. The van der Waals surface area contributed by atoms with E-state index in [4.69, 9.17) is 9.47 Å². The van der Waals surface area contributed by atoms with E-state index >= 15 is 0 Å². The first-order valence-corrected chi connectivity index (χ1v) is 10.1. The Balaban J connectivity index is 1.66. The summed E-state index contributed by atoms with van der Waals surface area (Å²) < 4.78 is 10.8. The van der Waals surface area contributed by atoms with Crippen molar-refractivity contribution >= 4 is 22.2 Å². The predicted octanol–water partition coefficient (Wildman–Crippen LogP) is 3.59. The number of rotatable bonds is 7. The van der Waals surface area contributed by atoms with Crippen LogP contribution in [0.15, 0.2) is 18.2 Å². The quantitative estimate of drug-likeness (QED) is 0.770. The number of fused-ring (bicyclic) bond motifs is 1. The SMILES string of the molecule is COc1cccc(CN(C)CC(=O)Nc2sc3c(c2C#N)CCCC3)c1OC. The van der Waals surface area contributed by atoms with Crippen molar-refractivity contribution in [2.45, 2.75) is 32.2 Å². The fourth-order valence-electron chi connectivity index (χ4n) is 3.61. The number of nitrogens with zero attached hydrogens (tertiary/aromatic N) is 2. The van der Waals surface area contributed by atoms with Crippen molar-refractivity contribution in [3.63, 3.8) is 0 Å². The van der Waals surface area contributed by atoms with E-state index < -0.39 is 0 Å². The average Bonchev–Trinajstić information content (AvgIpc) is 3.04. The number of thiophene rings is 1. The van der Waals surface area contributed by atoms with Gasteiger partial charge in [-0.15, -0.1) is 11.3 Å². The lowest BCUT2D eigenvalue weighted by Crippen LogP contribution is -2.30. The minimum absolute atomic E-state index is 0.126. The third-order valence-electron chi connectivity index (χ3n) is 4.87. The molecule has 1 aliphatic rings. The van der Waals surface area contributed by atoms with E-state index in [1.54, 1.807) is 25.6 Å². The number of benzene rings is 1. The molecule has 0 fully saturated rings. The Hall–Kier alpha value is -2.56. The van der Waals surface area contributed by atoms with Gasteiger partial charge in [0, 0.05) is 17.0 Å². The van der Waals surface area contributed by atoms with E-state index in [1.807, 2.05) is 30.1 Å². The second-order valence-corrected chi connectivity index (χ2v) is 8.01. The maximum Gasteiger partial charge on any atom is 0.239 e. The van der Waals surface area contributed by atoms with Gasteiger partial charge in [-0.05, 0) is 44.4 Å². The molecule has 0 aliphatic heterocycles. The van der Waals surface area contributed by atoms with Crippen molar-refractivity contribution < 1.29 is 14.3 Å². The van der Waals surface area contributed by atoms with Crippen LogP contribution in [0.5, 0.6) is 11.5 Å². The molecule has 0 atom stereocenters. The molecule has 6 nitrogen and oxygen atoms in total. The molecule has 7 heteroatoms. The van der Waals surface area contributed by atoms with Crippen molar-refractivity contribution in [3.8, 4) is 17.6 Å². The molecule has 1 amide bonds. The summed E-state index contributed by atoms with van der Waals surface area (Å²) in [5.74, 6) is 1.22. The number of nitrogens with one attached hydrogen (secondary N) is 1. The Morgan fingerprint density at radius 1 is 1.29 bits per heavy atom. The van der Waals surface area contributed by atoms with Gasteiger partial charge in [0.05, 0.1) is 26.3 Å². The zero-order valence-corrected chi connectivity index (χ0v) is 17.3. The van der Waals surface area contributed by atoms with Crippen LogP contribution in [0.3, 0.4) is 0 Å². The number of nitriles is 1. The highest BCUT2D eigenvalue weighted by atomic mass is 32.1. The summed E-state index contributed by atoms with van der Waals surface area (Å²) in [4.78, 5) is 15.7. The lowest BCUT2D eigenvalue weighted by Gasteiger charge is -2.19. The Morgan fingerprint density at radius 3 is 2.79 bits per heavy atom. The number of carbonyl (C=O) groups is 1. The van der Waals surface area contributed by atoms with E-state index in [0.717, 1.165) is 36.8 Å². The molecular weight excluding hydrogens is 374 g/mol. The Morgan fingerprint density at radius 2 is 2.07 bits per heavy atom. The van der Waals surface area contributed by atoms with Gasteiger partial charge in [0.2, 0.25) is 5.91 Å². The van der Waals surface area contributed by atoms with Gasteiger partial charge >= 0.3 is 0 Å². The van der Waals surface area contributed by atoms with Crippen molar-refractivity contribution in [1.29, 1.82) is 5.26 Å². The molecule has 1 aromatic heterocycles. The summed E-state index contributed by atoms with van der Waals surface area (Å²) in [5.41, 5.74) is 2.72. The second kappa shape index (κ2) is 9.09. The van der Waals surface area contributed by atoms with Gasteiger partial charge in [-0.2, -0.15) is 5.26 Å². The van der Waals surface area contributed by atoms with Gasteiger partial charge in [-0.3, -0.25) is 9.69 Å². The van der Waals surface area contributed by atoms with Crippen molar-refractivity contribution in [1.82, 2.24) is 4.90 Å². The number of ether oxygens (including phenoxy) is 2. The minimum Gasteiger partial charge on any atom is -0.493 e. The summed E-state index contributed by atoms with van der Waals surface area (Å²) in [5, 5.41) is 13.2. The van der Waals surface area contributed by atoms with Gasteiger partial charge in [0.25, 0.3) is 0 Å². The van der Waals surface area contributed by atoms with Crippen LogP contribution in [0, 0.1) is 11.3 Å². The van der Waals surface area contributed by atoms with Crippen LogP contribution >= 0.6 is 11.3 Å². The third kappa shape index (κ3) is 4.29. The first kappa shape index (κ1) is 20.2. The maximum atomic E-state index is 12.6. The zero-order valence-electron chi connectivity index (χ0n) is 16.5. The predicted molar refractivity (Wildman–Crippen MR) is 110 cm³/mol. The first-order chi connectivity index (χ1) is 13.6. The molecule has 1 aliphatic carbocycles. The highest BCUT2D eigenvalue weighted by molar-refractivity contribution is 7.16. The lowest BCUT2D eigenvalue weighted by molar-refractivity contribution is -0.117. The minimum atomic E-state index is -0.126. The van der Waals surface area contributed by atoms with E-state index in [-0.39, 0.29) is 12.5 Å². The smallest absolute Gasteiger partial charge is 0.239 e. The molecule has 0 saturated heterocycles. The van der Waals surface area contributed by atoms with E-state index in [9.17, 15) is 10.1 Å². The molecule has 2 aromatic rings. The molecule has 1 aromatic carbocycles. The number of hydrogen-bond acceptors (Lipinski definition) is 6. The molecule has 0 bridgehead atoms. The summed E-state index contributed by atoms with van der Waals surface area (Å²) in [6, 6.07) is 7.98. The van der Waals surface area contributed by atoms with Gasteiger partial charge in [-0.25, -0.2) is 0 Å². The zero-order chi connectivity index (χ0) is 20.1. The van der Waals surface area contributed by atoms with Crippen LogP contribution < -0.4 is 14.8 Å². The van der Waals surface area contributed by atoms with Crippen LogP contribution in [0.1, 0.15) is 34.4 Å². The monoisotopic (exact) mass is 399 g/mol. The Bertz CT molecular complexity index is 901. The van der Waals surface area contributed by atoms with Crippen molar-refractivity contribution in [3.05, 3.63) is 39.8 Å². The molecule has 1 heterocycles. The van der Waals surface area contributed by atoms with Gasteiger partial charge in [0.1, 0.15) is 11.1 Å². The first-order valence-electron chi connectivity index (χ1n) is 9.30. The number of amides is 1. The summed E-state index contributed by atoms with van der Waals surface area (Å²) in [6.07, 6.45) is 4.19. The lowest BCUT2D eigenvalue weighted by atomic mass is 9.96. The number of aryl methyl sites for hydroxylation is 1. The van der Waals surface area contributed by atoms with E-state index in [1.165, 1.54) is 4.88 Å². The molecule has 1 N–H and O–H groups in total. The average molecular weight is 400 g/mol. The molecule has 3 rings (SSSR count). The summed E-state index contributed by atoms with van der Waals surface area (Å²) in [7, 11) is 5.09. The van der Waals surface area contributed by atoms with Crippen LogP contribution in [0.2, 0.25) is 0 Å². The normalized spacial score (nSPS) is 13.0. The van der Waals surface area contributed by atoms with Crippen molar-refractivity contribution in [2.75, 3.05) is 33.1 Å². The third-order valence-corrected chi connectivity index (χ3v) is 6.08. The van der Waals surface area contributed by atoms with E-state index in [2.05, 4.69) is 11.4 Å². The Labute approximate surface area is 169 Å². The van der Waals surface area contributed by atoms with Crippen LogP contribution in [-0.4, -0.2) is 38.6 Å². The number of methoxy groups -OCH3 is 2. The molecular formula is C21H25N3O3S. The van der Waals surface area contributed by atoms with Gasteiger partial charge in [-0.1, -0.05) is 12.1 Å². The molecule has 0 saturated carbocycles. The number of hydrogen-bond donors (Lipinski definition) is 1. The molecule has 0 radical (unpaired) electrons. The fourth-order valence-corrected chi connectivity index (χ4v) is 4.86. The Kier molecular flexibility index (Phi) is 6.55. The van der Waals surface area contributed by atoms with Gasteiger partial charge in [0.15, 0.2) is 11.5 Å². The van der Waals surface area contributed by atoms with Gasteiger partial charge < -0.3 is 14.8 Å². The summed E-state index contributed by atoms with van der Waals surface area (Å²) >= 11 is 1.55. The standard InChI is InChI=1S/C21H25N3O3S/c1-24(12-14-7-6-9-17(26-2)20(14)27-3)13-19(25)23-21-16(11-22)15-8-4-5-10-18(15)28-21/h6-7,9H,4-5,8,10,12-13H2,1-3H3,(H,23,25). The second-order valence-electron chi connectivity index (χ2n) is 6.90.